The number of carbonyl (C=O) groups is 3. The lowest BCUT2D eigenvalue weighted by Crippen LogP contribution is -2.55. The van der Waals surface area contributed by atoms with Crippen molar-refractivity contribution in [2.24, 2.45) is 0 Å². The largest absolute Gasteiger partial charge is 0.380 e. The molecule has 1 saturated heterocycles. The van der Waals surface area contributed by atoms with Crippen LogP contribution in [-0.4, -0.2) is 84.3 Å². The molecule has 0 bridgehead atoms. The first-order chi connectivity index (χ1) is 17.0. The highest BCUT2D eigenvalue weighted by Crippen LogP contribution is 2.16. The fourth-order valence-corrected chi connectivity index (χ4v) is 3.93. The molecule has 0 unspecified atom stereocenters. The number of hydrogen-bond acceptors (Lipinski definition) is 6. The van der Waals surface area contributed by atoms with Crippen molar-refractivity contribution in [2.45, 2.75) is 31.5 Å². The van der Waals surface area contributed by atoms with Gasteiger partial charge in [-0.2, -0.15) is 0 Å². The number of benzene rings is 2. The van der Waals surface area contributed by atoms with Crippen molar-refractivity contribution in [3.63, 3.8) is 0 Å². The molecule has 0 aliphatic carbocycles. The number of hydrogen-bond donors (Lipinski definition) is 4. The molecule has 9 nitrogen and oxygen atoms in total. The van der Waals surface area contributed by atoms with Gasteiger partial charge in [-0.05, 0) is 30.5 Å². The third-order valence-corrected chi connectivity index (χ3v) is 5.97. The maximum atomic E-state index is 12.6. The van der Waals surface area contributed by atoms with Gasteiger partial charge in [0.05, 0.1) is 6.42 Å². The van der Waals surface area contributed by atoms with Gasteiger partial charge in [0.2, 0.25) is 5.91 Å². The molecule has 0 aromatic heterocycles. The Labute approximate surface area is 205 Å². The van der Waals surface area contributed by atoms with Crippen LogP contribution in [0.3, 0.4) is 0 Å². The normalized spacial score (nSPS) is 15.3. The van der Waals surface area contributed by atoms with Gasteiger partial charge in [-0.3, -0.25) is 14.4 Å². The maximum Gasteiger partial charge on any atom is 0.254 e. The van der Waals surface area contributed by atoms with Crippen molar-refractivity contribution in [3.8, 4) is 0 Å². The van der Waals surface area contributed by atoms with E-state index in [9.17, 15) is 24.6 Å². The summed E-state index contributed by atoms with van der Waals surface area (Å²) in [7, 11) is 0. The number of nitrogens with one attached hydrogen (secondary N) is 2. The van der Waals surface area contributed by atoms with Crippen LogP contribution in [-0.2, 0) is 20.8 Å². The minimum atomic E-state index is -1.83. The molecule has 0 saturated carbocycles. The van der Waals surface area contributed by atoms with Crippen molar-refractivity contribution in [1.29, 1.82) is 0 Å². The van der Waals surface area contributed by atoms with E-state index in [-0.39, 0.29) is 12.5 Å². The van der Waals surface area contributed by atoms with Crippen molar-refractivity contribution < 1.29 is 24.6 Å². The van der Waals surface area contributed by atoms with E-state index in [0.29, 0.717) is 52.0 Å². The Morgan fingerprint density at radius 2 is 1.34 bits per heavy atom. The first kappa shape index (κ1) is 26.2. The molecule has 4 N–H and O–H groups in total. The van der Waals surface area contributed by atoms with Crippen LogP contribution in [0, 0.1) is 0 Å². The molecule has 3 amide bonds. The summed E-state index contributed by atoms with van der Waals surface area (Å²) in [6.07, 6.45) is -2.10. The van der Waals surface area contributed by atoms with Crippen LogP contribution in [0.15, 0.2) is 60.7 Å². The molecule has 0 spiro atoms. The lowest BCUT2D eigenvalue weighted by molar-refractivity contribution is -0.153. The van der Waals surface area contributed by atoms with Gasteiger partial charge in [-0.1, -0.05) is 48.5 Å². The van der Waals surface area contributed by atoms with Gasteiger partial charge in [-0.25, -0.2) is 0 Å². The fourth-order valence-electron chi connectivity index (χ4n) is 3.93. The van der Waals surface area contributed by atoms with Gasteiger partial charge >= 0.3 is 0 Å². The molecule has 1 aliphatic rings. The van der Waals surface area contributed by atoms with Crippen molar-refractivity contribution >= 4 is 23.4 Å². The van der Waals surface area contributed by atoms with E-state index in [1.165, 1.54) is 4.90 Å². The van der Waals surface area contributed by atoms with Crippen LogP contribution in [0.2, 0.25) is 0 Å². The van der Waals surface area contributed by atoms with E-state index in [0.717, 1.165) is 11.3 Å². The number of rotatable bonds is 11. The standard InChI is InChI=1S/C26H34N4O5/c31-22(19-20-9-3-1-4-10-20)27-13-7-8-14-28-25(34)23(32)24(33)26(35)30-17-15-29(16-18-30)21-11-5-2-6-12-21/h1-6,9-12,23-24,32-33H,7-8,13-19H2,(H,27,31)(H,28,34)/t23-,24-/m1/s1. The molecule has 9 heteroatoms. The quantitative estimate of drug-likeness (QED) is 0.342. The minimum absolute atomic E-state index is 0.0677. The number of aliphatic hydroxyl groups excluding tert-OH is 2. The molecule has 35 heavy (non-hydrogen) atoms. The molecular weight excluding hydrogens is 448 g/mol. The highest BCUT2D eigenvalue weighted by atomic mass is 16.3. The Hall–Kier alpha value is -3.43. The number of nitrogens with zero attached hydrogens (tertiary/aromatic N) is 2. The van der Waals surface area contributed by atoms with E-state index in [2.05, 4.69) is 15.5 Å². The van der Waals surface area contributed by atoms with Crippen LogP contribution in [0.4, 0.5) is 5.69 Å². The Bertz CT molecular complexity index is 949. The van der Waals surface area contributed by atoms with Gasteiger partial charge < -0.3 is 30.6 Å². The number of piperazine rings is 1. The summed E-state index contributed by atoms with van der Waals surface area (Å²) in [4.78, 5) is 40.3. The predicted octanol–water partition coefficient (Wildman–Crippen LogP) is 0.312. The van der Waals surface area contributed by atoms with E-state index in [4.69, 9.17) is 0 Å². The summed E-state index contributed by atoms with van der Waals surface area (Å²) < 4.78 is 0. The Balaban J connectivity index is 1.29. The highest BCUT2D eigenvalue weighted by Gasteiger charge is 2.34. The molecule has 0 radical (unpaired) electrons. The first-order valence-electron chi connectivity index (χ1n) is 12.0. The van der Waals surface area contributed by atoms with Gasteiger partial charge in [0.25, 0.3) is 11.8 Å². The summed E-state index contributed by atoms with van der Waals surface area (Å²) in [6, 6.07) is 19.3. The molecule has 188 valence electrons. The van der Waals surface area contributed by atoms with Gasteiger partial charge in [0.1, 0.15) is 0 Å². The summed E-state index contributed by atoms with van der Waals surface area (Å²) in [5.74, 6) is -1.51. The first-order valence-corrected chi connectivity index (χ1v) is 12.0. The Morgan fingerprint density at radius 3 is 1.97 bits per heavy atom. The summed E-state index contributed by atoms with van der Waals surface area (Å²) in [6.45, 7) is 2.74. The topological polar surface area (TPSA) is 122 Å². The summed E-state index contributed by atoms with van der Waals surface area (Å²) >= 11 is 0. The average molecular weight is 483 g/mol. The van der Waals surface area contributed by atoms with E-state index < -0.39 is 24.0 Å². The van der Waals surface area contributed by atoms with E-state index >= 15 is 0 Å². The highest BCUT2D eigenvalue weighted by molar-refractivity contribution is 5.90. The fraction of sp³-hybridized carbons (Fsp3) is 0.423. The van der Waals surface area contributed by atoms with Crippen LogP contribution in [0.1, 0.15) is 18.4 Å². The van der Waals surface area contributed by atoms with E-state index in [1.54, 1.807) is 0 Å². The zero-order chi connectivity index (χ0) is 25.0. The molecule has 1 aliphatic heterocycles. The lowest BCUT2D eigenvalue weighted by Gasteiger charge is -2.37. The van der Waals surface area contributed by atoms with Crippen LogP contribution >= 0.6 is 0 Å². The SMILES string of the molecule is O=C(Cc1ccccc1)NCCCCNC(=O)[C@H](O)[C@@H](O)C(=O)N1CCN(c2ccccc2)CC1. The molecule has 2 aromatic carbocycles. The number of carbonyl (C=O) groups excluding carboxylic acids is 3. The molecule has 1 fully saturated rings. The Kier molecular flexibility index (Phi) is 10.1. The van der Waals surface area contributed by atoms with Gasteiger partial charge in [0, 0.05) is 45.0 Å². The van der Waals surface area contributed by atoms with Crippen molar-refractivity contribution in [2.75, 3.05) is 44.2 Å². The van der Waals surface area contributed by atoms with Crippen molar-refractivity contribution in [1.82, 2.24) is 15.5 Å². The zero-order valence-corrected chi connectivity index (χ0v) is 19.8. The lowest BCUT2D eigenvalue weighted by atomic mass is 10.1. The number of anilines is 1. The Morgan fingerprint density at radius 1 is 0.771 bits per heavy atom. The molecule has 2 atom stereocenters. The second-order valence-electron chi connectivity index (χ2n) is 8.55. The summed E-state index contributed by atoms with van der Waals surface area (Å²) in [5.41, 5.74) is 2.01. The maximum absolute atomic E-state index is 12.6. The monoisotopic (exact) mass is 482 g/mol. The average Bonchev–Trinajstić information content (AvgIpc) is 2.90. The predicted molar refractivity (Wildman–Crippen MR) is 133 cm³/mol. The third kappa shape index (κ3) is 8.08. The molecule has 3 rings (SSSR count). The number of aliphatic hydroxyl groups is 2. The third-order valence-electron chi connectivity index (χ3n) is 5.97. The number of amides is 3. The number of para-hydroxylation sites is 1. The van der Waals surface area contributed by atoms with E-state index in [1.807, 2.05) is 60.7 Å². The van der Waals surface area contributed by atoms with Gasteiger partial charge in [-0.15, -0.1) is 0 Å². The zero-order valence-electron chi connectivity index (χ0n) is 19.8. The number of unbranched alkanes of at least 4 members (excludes halogenated alkanes) is 1. The second kappa shape index (κ2) is 13.5. The van der Waals surface area contributed by atoms with Crippen LogP contribution in [0.5, 0.6) is 0 Å². The van der Waals surface area contributed by atoms with Crippen LogP contribution in [0.25, 0.3) is 0 Å². The van der Waals surface area contributed by atoms with Gasteiger partial charge in [0.15, 0.2) is 12.2 Å². The second-order valence-corrected chi connectivity index (χ2v) is 8.55. The smallest absolute Gasteiger partial charge is 0.254 e. The molecule has 2 aromatic rings. The minimum Gasteiger partial charge on any atom is -0.380 e. The molecule has 1 heterocycles. The summed E-state index contributed by atoms with van der Waals surface area (Å²) in [5, 5.41) is 25.8. The van der Waals surface area contributed by atoms with Crippen LogP contribution < -0.4 is 15.5 Å². The van der Waals surface area contributed by atoms with Crippen molar-refractivity contribution in [3.05, 3.63) is 66.2 Å². The molecular formula is C26H34N4O5.